The number of anilines is 1. The number of carbonyl (C=O) groups is 2. The zero-order chi connectivity index (χ0) is 20.4. The Kier molecular flexibility index (Phi) is 5.81. The van der Waals surface area contributed by atoms with Crippen LogP contribution in [-0.4, -0.2) is 63.0 Å². The number of piperidine rings is 1. The van der Waals surface area contributed by atoms with Gasteiger partial charge in [0.15, 0.2) is 5.79 Å². The molecule has 0 aromatic heterocycles. The van der Waals surface area contributed by atoms with Crippen LogP contribution >= 0.6 is 0 Å². The number of likely N-dealkylation sites (tertiary alicyclic amines) is 1. The first-order valence-electron chi connectivity index (χ1n) is 9.42. The molecule has 8 heteroatoms. The molecular weight excluding hydrogens is 364 g/mol. The van der Waals surface area contributed by atoms with Crippen molar-refractivity contribution in [3.63, 3.8) is 0 Å². The average molecular weight is 392 g/mol. The summed E-state index contributed by atoms with van der Waals surface area (Å²) in [5.74, 6) is -0.111. The van der Waals surface area contributed by atoms with Gasteiger partial charge in [-0.05, 0) is 26.0 Å². The second-order valence-corrected chi connectivity index (χ2v) is 7.55. The highest BCUT2D eigenvalue weighted by Crippen LogP contribution is 2.34. The largest absolute Gasteiger partial charge is 0.497 e. The molecule has 1 aromatic carbocycles. The van der Waals surface area contributed by atoms with Gasteiger partial charge in [0.1, 0.15) is 16.9 Å². The molecule has 154 valence electrons. The number of hydrogen-bond acceptors (Lipinski definition) is 6. The molecular formula is C20H28N2O6. The lowest BCUT2D eigenvalue weighted by Gasteiger charge is -2.40. The fourth-order valence-corrected chi connectivity index (χ4v) is 3.52. The van der Waals surface area contributed by atoms with Crippen molar-refractivity contribution in [3.8, 4) is 11.5 Å². The number of amides is 2. The van der Waals surface area contributed by atoms with Crippen molar-refractivity contribution >= 4 is 17.5 Å². The molecule has 0 saturated carbocycles. The molecule has 0 aliphatic carbocycles. The molecule has 2 heterocycles. The number of nitrogens with one attached hydrogen (secondary N) is 1. The van der Waals surface area contributed by atoms with E-state index in [2.05, 4.69) is 5.32 Å². The van der Waals surface area contributed by atoms with Gasteiger partial charge in [0.25, 0.3) is 0 Å². The van der Waals surface area contributed by atoms with Crippen LogP contribution in [0.1, 0.15) is 26.7 Å². The monoisotopic (exact) mass is 392 g/mol. The fourth-order valence-electron chi connectivity index (χ4n) is 3.52. The lowest BCUT2D eigenvalue weighted by molar-refractivity contribution is -0.189. The molecule has 1 N–H and O–H groups in total. The molecule has 0 bridgehead atoms. The Hall–Kier alpha value is -2.32. The van der Waals surface area contributed by atoms with E-state index in [9.17, 15) is 9.59 Å². The number of ether oxygens (including phenoxy) is 4. The van der Waals surface area contributed by atoms with E-state index in [1.807, 2.05) is 0 Å². The molecule has 2 saturated heterocycles. The molecule has 1 spiro atoms. The SMILES string of the molecule is COc1ccc(OC)c(NC(=O)C(C)(C)C(=O)N2CCC3(CC2)OCCO3)c1. The number of carbonyl (C=O) groups excluding carboxylic acids is 2. The van der Waals surface area contributed by atoms with Gasteiger partial charge in [-0.15, -0.1) is 0 Å². The Bertz CT molecular complexity index is 732. The van der Waals surface area contributed by atoms with Crippen LogP contribution in [0.2, 0.25) is 0 Å². The number of rotatable bonds is 5. The minimum absolute atomic E-state index is 0.222. The summed E-state index contributed by atoms with van der Waals surface area (Å²) in [7, 11) is 3.06. The molecule has 8 nitrogen and oxygen atoms in total. The highest BCUT2D eigenvalue weighted by molar-refractivity contribution is 6.10. The highest BCUT2D eigenvalue weighted by Gasteiger charge is 2.45. The van der Waals surface area contributed by atoms with E-state index in [-0.39, 0.29) is 5.91 Å². The highest BCUT2D eigenvalue weighted by atomic mass is 16.7. The molecule has 0 atom stereocenters. The maximum absolute atomic E-state index is 13.1. The second kappa shape index (κ2) is 7.97. The summed E-state index contributed by atoms with van der Waals surface area (Å²) in [6, 6.07) is 5.10. The molecule has 0 unspecified atom stereocenters. The van der Waals surface area contributed by atoms with Gasteiger partial charge in [-0.25, -0.2) is 0 Å². The van der Waals surface area contributed by atoms with E-state index in [1.165, 1.54) is 7.11 Å². The van der Waals surface area contributed by atoms with E-state index < -0.39 is 17.1 Å². The van der Waals surface area contributed by atoms with Crippen LogP contribution in [-0.2, 0) is 19.1 Å². The summed E-state index contributed by atoms with van der Waals surface area (Å²) < 4.78 is 21.9. The van der Waals surface area contributed by atoms with Crippen LogP contribution in [0, 0.1) is 5.41 Å². The molecule has 1 aromatic rings. The van der Waals surface area contributed by atoms with Gasteiger partial charge in [-0.3, -0.25) is 9.59 Å². The Labute approximate surface area is 165 Å². The molecule has 0 radical (unpaired) electrons. The normalized spacial score (nSPS) is 18.8. The summed E-state index contributed by atoms with van der Waals surface area (Å²) >= 11 is 0. The van der Waals surface area contributed by atoms with Crippen molar-refractivity contribution in [3.05, 3.63) is 18.2 Å². The van der Waals surface area contributed by atoms with Gasteiger partial charge in [0.05, 0.1) is 33.1 Å². The first kappa shape index (κ1) is 20.4. The molecule has 2 amide bonds. The second-order valence-electron chi connectivity index (χ2n) is 7.55. The van der Waals surface area contributed by atoms with Crippen molar-refractivity contribution in [1.29, 1.82) is 0 Å². The molecule has 28 heavy (non-hydrogen) atoms. The summed E-state index contributed by atoms with van der Waals surface area (Å²) in [4.78, 5) is 27.7. The summed E-state index contributed by atoms with van der Waals surface area (Å²) in [6.45, 7) is 5.43. The standard InChI is InChI=1S/C20H28N2O6/c1-19(2,17(23)21-15-13-14(25-3)5-6-16(15)26-4)18(24)22-9-7-20(8-10-22)27-11-12-28-20/h5-6,13H,7-12H2,1-4H3,(H,21,23). The molecule has 3 rings (SSSR count). The van der Waals surface area contributed by atoms with Gasteiger partial charge < -0.3 is 29.2 Å². The predicted octanol–water partition coefficient (Wildman–Crippen LogP) is 2.03. The number of nitrogens with zero attached hydrogens (tertiary/aromatic N) is 1. The van der Waals surface area contributed by atoms with E-state index >= 15 is 0 Å². The predicted molar refractivity (Wildman–Crippen MR) is 102 cm³/mol. The Morgan fingerprint density at radius 1 is 1.11 bits per heavy atom. The third-order valence-electron chi connectivity index (χ3n) is 5.38. The van der Waals surface area contributed by atoms with Gasteiger partial charge >= 0.3 is 0 Å². The number of hydrogen-bond donors (Lipinski definition) is 1. The maximum Gasteiger partial charge on any atom is 0.239 e. The van der Waals surface area contributed by atoms with E-state index in [1.54, 1.807) is 44.1 Å². The van der Waals surface area contributed by atoms with Crippen LogP contribution in [0.25, 0.3) is 0 Å². The van der Waals surface area contributed by atoms with E-state index in [0.717, 1.165) is 0 Å². The van der Waals surface area contributed by atoms with Gasteiger partial charge in [0.2, 0.25) is 11.8 Å². The Balaban J connectivity index is 1.68. The van der Waals surface area contributed by atoms with Gasteiger partial charge in [-0.2, -0.15) is 0 Å². The smallest absolute Gasteiger partial charge is 0.239 e. The summed E-state index contributed by atoms with van der Waals surface area (Å²) in [5, 5.41) is 2.80. The van der Waals surface area contributed by atoms with Crippen LogP contribution in [0.15, 0.2) is 18.2 Å². The minimum atomic E-state index is -1.24. The third-order valence-corrected chi connectivity index (χ3v) is 5.38. The summed E-state index contributed by atoms with van der Waals surface area (Å²) in [6.07, 6.45) is 1.22. The summed E-state index contributed by atoms with van der Waals surface area (Å²) in [5.41, 5.74) is -0.784. The number of methoxy groups -OCH3 is 2. The van der Waals surface area contributed by atoms with Crippen LogP contribution in [0.4, 0.5) is 5.69 Å². The van der Waals surface area contributed by atoms with Crippen LogP contribution in [0.3, 0.4) is 0 Å². The number of benzene rings is 1. The lowest BCUT2D eigenvalue weighted by atomic mass is 9.88. The zero-order valence-corrected chi connectivity index (χ0v) is 16.9. The van der Waals surface area contributed by atoms with E-state index in [4.69, 9.17) is 18.9 Å². The van der Waals surface area contributed by atoms with Crippen molar-refractivity contribution in [1.82, 2.24) is 4.90 Å². The Morgan fingerprint density at radius 3 is 2.32 bits per heavy atom. The first-order valence-corrected chi connectivity index (χ1v) is 9.42. The maximum atomic E-state index is 13.1. The van der Waals surface area contributed by atoms with Crippen molar-refractivity contribution < 1.29 is 28.5 Å². The van der Waals surface area contributed by atoms with E-state index in [0.29, 0.717) is 56.3 Å². The fraction of sp³-hybridized carbons (Fsp3) is 0.600. The van der Waals surface area contributed by atoms with Crippen molar-refractivity contribution in [2.24, 2.45) is 5.41 Å². The molecule has 2 fully saturated rings. The van der Waals surface area contributed by atoms with Crippen molar-refractivity contribution in [2.45, 2.75) is 32.5 Å². The quantitative estimate of drug-likeness (QED) is 0.772. The van der Waals surface area contributed by atoms with Gasteiger partial charge in [0, 0.05) is 32.0 Å². The minimum Gasteiger partial charge on any atom is -0.497 e. The zero-order valence-electron chi connectivity index (χ0n) is 16.9. The average Bonchev–Trinajstić information content (AvgIpc) is 3.15. The first-order chi connectivity index (χ1) is 13.3. The van der Waals surface area contributed by atoms with Crippen LogP contribution < -0.4 is 14.8 Å². The Morgan fingerprint density at radius 2 is 1.75 bits per heavy atom. The van der Waals surface area contributed by atoms with Crippen LogP contribution in [0.5, 0.6) is 11.5 Å². The van der Waals surface area contributed by atoms with Crippen molar-refractivity contribution in [2.75, 3.05) is 45.8 Å². The topological polar surface area (TPSA) is 86.3 Å². The molecule has 2 aliphatic rings. The van der Waals surface area contributed by atoms with Gasteiger partial charge in [-0.1, -0.05) is 0 Å². The lowest BCUT2D eigenvalue weighted by Crippen LogP contribution is -2.53. The molecule has 2 aliphatic heterocycles. The third kappa shape index (κ3) is 3.93.